The van der Waals surface area contributed by atoms with Gasteiger partial charge in [0.25, 0.3) is 10.0 Å². The van der Waals surface area contributed by atoms with E-state index in [0.717, 1.165) is 12.1 Å². The summed E-state index contributed by atoms with van der Waals surface area (Å²) in [6, 6.07) is 5.76. The zero-order valence-corrected chi connectivity index (χ0v) is 19.3. The number of hydrogen-bond acceptors (Lipinski definition) is 6. The second-order valence-electron chi connectivity index (χ2n) is 7.42. The van der Waals surface area contributed by atoms with Gasteiger partial charge in [-0.3, -0.25) is 9.52 Å². The Morgan fingerprint density at radius 1 is 1.09 bits per heavy atom. The summed E-state index contributed by atoms with van der Waals surface area (Å²) in [5.41, 5.74) is -0.183. The van der Waals surface area contributed by atoms with E-state index in [1.807, 2.05) is 4.72 Å². The van der Waals surface area contributed by atoms with E-state index in [4.69, 9.17) is 4.74 Å². The molecule has 13 heteroatoms. The molecule has 1 unspecified atom stereocenters. The van der Waals surface area contributed by atoms with E-state index in [2.05, 4.69) is 10.1 Å². The predicted molar refractivity (Wildman–Crippen MR) is 116 cm³/mol. The average Bonchev–Trinajstić information content (AvgIpc) is 2.69. The number of ether oxygens (including phenoxy) is 2. The number of aliphatic hydroxyl groups excluding tert-OH is 1. The number of carbonyl (C=O) groups is 1. The molecule has 2 aromatic carbocycles. The lowest BCUT2D eigenvalue weighted by molar-refractivity contribution is -0.275. The number of carbonyl (C=O) groups excluding carboxylic acids is 1. The summed E-state index contributed by atoms with van der Waals surface area (Å²) < 4.78 is 87.7. The molecule has 3 N–H and O–H groups in total. The minimum atomic E-state index is -5.18. The van der Waals surface area contributed by atoms with Crippen LogP contribution < -0.4 is 19.5 Å². The maximum atomic E-state index is 13.6. The molecule has 0 bridgehead atoms. The van der Waals surface area contributed by atoms with Crippen molar-refractivity contribution in [2.45, 2.75) is 32.0 Å². The molecular weight excluding hydrogens is 484 g/mol. The number of halogens is 4. The molecule has 0 aromatic heterocycles. The molecule has 0 spiro atoms. The highest BCUT2D eigenvalue weighted by molar-refractivity contribution is 7.92. The molecule has 34 heavy (non-hydrogen) atoms. The molecule has 0 aliphatic carbocycles. The van der Waals surface area contributed by atoms with E-state index in [-0.39, 0.29) is 41.2 Å². The summed E-state index contributed by atoms with van der Waals surface area (Å²) in [5, 5.41) is 12.0. The number of hydrogen-bond donors (Lipinski definition) is 3. The van der Waals surface area contributed by atoms with Crippen LogP contribution >= 0.6 is 0 Å². The molecular formula is C21H24F4N2O6S. The maximum Gasteiger partial charge on any atom is 0.573 e. The number of amides is 1. The normalized spacial score (nSPS) is 12.9. The number of rotatable bonds is 10. The lowest BCUT2D eigenvalue weighted by atomic mass is 9.96. The van der Waals surface area contributed by atoms with Crippen LogP contribution in [0.3, 0.4) is 0 Å². The molecule has 1 amide bonds. The van der Waals surface area contributed by atoms with Gasteiger partial charge in [-0.15, -0.1) is 13.2 Å². The molecule has 0 saturated carbocycles. The SMILES string of the molecule is CCOc1cc(NC(=O)C(CO)C(C)C)ccc1S(=O)(=O)Nc1ccc(F)c(OC(F)(F)F)c1. The quantitative estimate of drug-likeness (QED) is 0.416. The Morgan fingerprint density at radius 3 is 2.26 bits per heavy atom. The van der Waals surface area contributed by atoms with Gasteiger partial charge in [0, 0.05) is 17.8 Å². The maximum absolute atomic E-state index is 13.6. The van der Waals surface area contributed by atoms with E-state index in [9.17, 15) is 35.9 Å². The van der Waals surface area contributed by atoms with Gasteiger partial charge in [0.05, 0.1) is 24.8 Å². The Morgan fingerprint density at radius 2 is 1.71 bits per heavy atom. The number of anilines is 2. The van der Waals surface area contributed by atoms with Crippen LogP contribution in [0.5, 0.6) is 11.5 Å². The van der Waals surface area contributed by atoms with Crippen LogP contribution in [-0.2, 0) is 14.8 Å². The molecule has 0 radical (unpaired) electrons. The third kappa shape index (κ3) is 7.22. The van der Waals surface area contributed by atoms with Gasteiger partial charge >= 0.3 is 6.36 Å². The number of alkyl halides is 3. The number of sulfonamides is 1. The number of nitrogens with one attached hydrogen (secondary N) is 2. The molecule has 0 aliphatic heterocycles. The first-order chi connectivity index (χ1) is 15.8. The highest BCUT2D eigenvalue weighted by Gasteiger charge is 2.33. The molecule has 1 atom stereocenters. The first-order valence-corrected chi connectivity index (χ1v) is 11.5. The van der Waals surface area contributed by atoms with Gasteiger partial charge in [0.15, 0.2) is 11.6 Å². The molecule has 8 nitrogen and oxygen atoms in total. The Hall–Kier alpha value is -3.06. The van der Waals surface area contributed by atoms with Gasteiger partial charge < -0.3 is 19.9 Å². The smallest absolute Gasteiger partial charge is 0.492 e. The Labute approximate surface area is 193 Å². The highest BCUT2D eigenvalue weighted by Crippen LogP contribution is 2.32. The van der Waals surface area contributed by atoms with Crippen molar-refractivity contribution in [3.05, 3.63) is 42.2 Å². The fourth-order valence-corrected chi connectivity index (χ4v) is 4.06. The summed E-state index contributed by atoms with van der Waals surface area (Å²) in [4.78, 5) is 12.0. The van der Waals surface area contributed by atoms with Crippen molar-refractivity contribution < 1.29 is 45.4 Å². The van der Waals surface area contributed by atoms with E-state index >= 15 is 0 Å². The lowest BCUT2D eigenvalue weighted by Gasteiger charge is -2.19. The van der Waals surface area contributed by atoms with Crippen molar-refractivity contribution >= 4 is 27.3 Å². The first kappa shape index (κ1) is 27.2. The molecule has 2 aromatic rings. The standard InChI is InChI=1S/C21H24F4N2O6S/c1-4-32-18-9-13(26-20(29)15(11-28)12(2)3)6-8-19(18)34(30,31)27-14-5-7-16(22)17(10-14)33-21(23,24)25/h5-10,12,15,27-28H,4,11H2,1-3H3,(H,26,29). The minimum absolute atomic E-state index is 0.0608. The van der Waals surface area contributed by atoms with E-state index in [1.54, 1.807) is 20.8 Å². The fraction of sp³-hybridized carbons (Fsp3) is 0.381. The van der Waals surface area contributed by atoms with Crippen molar-refractivity contribution in [2.75, 3.05) is 23.3 Å². The van der Waals surface area contributed by atoms with Crippen LogP contribution in [0.4, 0.5) is 28.9 Å². The topological polar surface area (TPSA) is 114 Å². The van der Waals surface area contributed by atoms with Crippen LogP contribution in [0, 0.1) is 17.7 Å². The average molecular weight is 508 g/mol. The monoisotopic (exact) mass is 508 g/mol. The molecule has 2 rings (SSSR count). The van der Waals surface area contributed by atoms with Crippen LogP contribution in [0.15, 0.2) is 41.3 Å². The third-order valence-electron chi connectivity index (χ3n) is 4.55. The number of aliphatic hydroxyl groups is 1. The van der Waals surface area contributed by atoms with Gasteiger partial charge in [-0.25, -0.2) is 12.8 Å². The van der Waals surface area contributed by atoms with Gasteiger partial charge in [-0.2, -0.15) is 0 Å². The van der Waals surface area contributed by atoms with Gasteiger partial charge in [-0.05, 0) is 37.1 Å². The van der Waals surface area contributed by atoms with E-state index < -0.39 is 39.8 Å². The summed E-state index contributed by atoms with van der Waals surface area (Å²) in [6.45, 7) is 4.79. The van der Waals surface area contributed by atoms with E-state index in [1.165, 1.54) is 12.1 Å². The molecule has 0 saturated heterocycles. The summed E-state index contributed by atoms with van der Waals surface area (Å²) in [5.74, 6) is -4.00. The van der Waals surface area contributed by atoms with Crippen molar-refractivity contribution in [3.63, 3.8) is 0 Å². The molecule has 188 valence electrons. The van der Waals surface area contributed by atoms with Crippen LogP contribution in [0.25, 0.3) is 0 Å². The minimum Gasteiger partial charge on any atom is -0.492 e. The van der Waals surface area contributed by atoms with E-state index in [0.29, 0.717) is 12.1 Å². The Kier molecular flexibility index (Phi) is 8.72. The fourth-order valence-electron chi connectivity index (χ4n) is 2.89. The van der Waals surface area contributed by atoms with Crippen molar-refractivity contribution in [3.8, 4) is 11.5 Å². The zero-order valence-electron chi connectivity index (χ0n) is 18.4. The summed E-state index contributed by atoms with van der Waals surface area (Å²) >= 11 is 0. The number of benzene rings is 2. The van der Waals surface area contributed by atoms with Crippen molar-refractivity contribution in [1.82, 2.24) is 0 Å². The lowest BCUT2D eigenvalue weighted by Crippen LogP contribution is -2.29. The third-order valence-corrected chi connectivity index (χ3v) is 5.97. The molecule has 0 heterocycles. The largest absolute Gasteiger partial charge is 0.573 e. The van der Waals surface area contributed by atoms with Crippen LogP contribution in [0.2, 0.25) is 0 Å². The highest BCUT2D eigenvalue weighted by atomic mass is 32.2. The summed E-state index contributed by atoms with van der Waals surface area (Å²) in [6.07, 6.45) is -5.18. The van der Waals surface area contributed by atoms with Crippen LogP contribution in [-0.4, -0.2) is 39.0 Å². The Balaban J connectivity index is 2.35. The molecule has 0 aliphatic rings. The second-order valence-corrected chi connectivity index (χ2v) is 9.07. The predicted octanol–water partition coefficient (Wildman–Crippen LogP) is 4.13. The zero-order chi connectivity index (χ0) is 25.7. The Bertz CT molecular complexity index is 1120. The first-order valence-electron chi connectivity index (χ1n) is 10.0. The second kappa shape index (κ2) is 10.9. The van der Waals surface area contributed by atoms with Gasteiger partial charge in [-0.1, -0.05) is 13.8 Å². The van der Waals surface area contributed by atoms with Gasteiger partial charge in [0.1, 0.15) is 10.6 Å². The van der Waals surface area contributed by atoms with Crippen molar-refractivity contribution in [2.24, 2.45) is 11.8 Å². The summed E-state index contributed by atoms with van der Waals surface area (Å²) in [7, 11) is -4.41. The van der Waals surface area contributed by atoms with Crippen molar-refractivity contribution in [1.29, 1.82) is 0 Å². The van der Waals surface area contributed by atoms with Crippen LogP contribution in [0.1, 0.15) is 20.8 Å². The molecule has 0 fully saturated rings. The van der Waals surface area contributed by atoms with Gasteiger partial charge in [0.2, 0.25) is 5.91 Å².